The summed E-state index contributed by atoms with van der Waals surface area (Å²) in [7, 11) is 1.61. The van der Waals surface area contributed by atoms with Gasteiger partial charge in [-0.1, -0.05) is 19.9 Å². The van der Waals surface area contributed by atoms with Gasteiger partial charge in [-0.05, 0) is 38.1 Å². The zero-order valence-electron chi connectivity index (χ0n) is 16.3. The van der Waals surface area contributed by atoms with Crippen molar-refractivity contribution in [1.29, 1.82) is 0 Å². The molecule has 1 aromatic heterocycles. The van der Waals surface area contributed by atoms with E-state index in [-0.39, 0.29) is 24.3 Å². The maximum absolute atomic E-state index is 12.4. The van der Waals surface area contributed by atoms with Crippen LogP contribution >= 0.6 is 11.3 Å². The van der Waals surface area contributed by atoms with Gasteiger partial charge < -0.3 is 20.3 Å². The predicted octanol–water partition coefficient (Wildman–Crippen LogP) is 2.49. The molecule has 26 heavy (non-hydrogen) atoms. The van der Waals surface area contributed by atoms with Crippen molar-refractivity contribution in [2.45, 2.75) is 46.3 Å². The highest BCUT2D eigenvalue weighted by Crippen LogP contribution is 2.11. The van der Waals surface area contributed by atoms with Crippen molar-refractivity contribution < 1.29 is 19.1 Å². The van der Waals surface area contributed by atoms with E-state index in [4.69, 9.17) is 4.74 Å². The van der Waals surface area contributed by atoms with Gasteiger partial charge in [-0.2, -0.15) is 0 Å². The van der Waals surface area contributed by atoms with Gasteiger partial charge in [0.1, 0.15) is 11.6 Å². The Kier molecular flexibility index (Phi) is 8.08. The third-order valence-corrected chi connectivity index (χ3v) is 4.30. The predicted molar refractivity (Wildman–Crippen MR) is 102 cm³/mol. The summed E-state index contributed by atoms with van der Waals surface area (Å²) in [5.74, 6) is -0.607. The van der Waals surface area contributed by atoms with Crippen LogP contribution in [-0.2, 0) is 9.53 Å². The zero-order valence-corrected chi connectivity index (χ0v) is 17.1. The molecule has 0 aliphatic rings. The van der Waals surface area contributed by atoms with Gasteiger partial charge in [0.05, 0.1) is 4.88 Å². The number of nitrogens with one attached hydrogen (secondary N) is 2. The molecule has 8 heteroatoms. The number of ether oxygens (including phenoxy) is 1. The SMILES string of the molecule is CC(C)C(NC(=O)c1cccs1)C(=O)NCCN(C)C(=O)OC(C)(C)C. The highest BCUT2D eigenvalue weighted by atomic mass is 32.1. The highest BCUT2D eigenvalue weighted by Gasteiger charge is 2.25. The van der Waals surface area contributed by atoms with E-state index in [1.807, 2.05) is 19.2 Å². The smallest absolute Gasteiger partial charge is 0.410 e. The van der Waals surface area contributed by atoms with Gasteiger partial charge >= 0.3 is 6.09 Å². The number of rotatable bonds is 7. The molecular weight excluding hydrogens is 354 g/mol. The molecule has 0 radical (unpaired) electrons. The van der Waals surface area contributed by atoms with E-state index in [9.17, 15) is 14.4 Å². The molecule has 3 amide bonds. The van der Waals surface area contributed by atoms with Crippen molar-refractivity contribution in [1.82, 2.24) is 15.5 Å². The van der Waals surface area contributed by atoms with Crippen molar-refractivity contribution in [3.05, 3.63) is 22.4 Å². The van der Waals surface area contributed by atoms with Crippen LogP contribution in [0.15, 0.2) is 17.5 Å². The number of likely N-dealkylation sites (N-methyl/N-ethyl adjacent to an activating group) is 1. The van der Waals surface area contributed by atoms with Crippen LogP contribution in [0.1, 0.15) is 44.3 Å². The van der Waals surface area contributed by atoms with Gasteiger partial charge in [0.15, 0.2) is 0 Å². The molecule has 1 aromatic rings. The fraction of sp³-hybridized carbons (Fsp3) is 0.611. The van der Waals surface area contributed by atoms with Gasteiger partial charge in [-0.3, -0.25) is 9.59 Å². The summed E-state index contributed by atoms with van der Waals surface area (Å²) in [4.78, 5) is 38.4. The molecule has 0 fully saturated rings. The third-order valence-electron chi connectivity index (χ3n) is 3.43. The quantitative estimate of drug-likeness (QED) is 0.757. The molecule has 2 N–H and O–H groups in total. The zero-order chi connectivity index (χ0) is 19.9. The molecule has 146 valence electrons. The summed E-state index contributed by atoms with van der Waals surface area (Å²) in [5, 5.41) is 7.34. The monoisotopic (exact) mass is 383 g/mol. The molecule has 0 saturated heterocycles. The molecule has 1 unspecified atom stereocenters. The Morgan fingerprint density at radius 2 is 1.92 bits per heavy atom. The first-order chi connectivity index (χ1) is 12.0. The molecular formula is C18H29N3O4S. The van der Waals surface area contributed by atoms with E-state index >= 15 is 0 Å². The summed E-state index contributed by atoms with van der Waals surface area (Å²) in [6.45, 7) is 9.70. The van der Waals surface area contributed by atoms with Gasteiger partial charge in [0, 0.05) is 20.1 Å². The van der Waals surface area contributed by atoms with Crippen LogP contribution < -0.4 is 10.6 Å². The lowest BCUT2D eigenvalue weighted by Crippen LogP contribution is -2.51. The molecule has 1 rings (SSSR count). The Balaban J connectivity index is 2.50. The summed E-state index contributed by atoms with van der Waals surface area (Å²) >= 11 is 1.32. The number of amides is 3. The normalized spacial score (nSPS) is 12.4. The van der Waals surface area contributed by atoms with E-state index in [0.29, 0.717) is 11.4 Å². The maximum Gasteiger partial charge on any atom is 0.410 e. The Hall–Kier alpha value is -2.09. The molecule has 7 nitrogen and oxygen atoms in total. The number of thiophene rings is 1. The van der Waals surface area contributed by atoms with Crippen LogP contribution in [-0.4, -0.2) is 54.6 Å². The van der Waals surface area contributed by atoms with Gasteiger partial charge in [0.25, 0.3) is 5.91 Å². The third kappa shape index (κ3) is 7.43. The van der Waals surface area contributed by atoms with Crippen molar-refractivity contribution in [3.8, 4) is 0 Å². The molecule has 1 atom stereocenters. The first-order valence-corrected chi connectivity index (χ1v) is 9.45. The lowest BCUT2D eigenvalue weighted by Gasteiger charge is -2.25. The number of nitrogens with zero attached hydrogens (tertiary/aromatic N) is 1. The van der Waals surface area contributed by atoms with Crippen LogP contribution in [0.5, 0.6) is 0 Å². The lowest BCUT2D eigenvalue weighted by molar-refractivity contribution is -0.124. The van der Waals surface area contributed by atoms with Crippen LogP contribution in [0.2, 0.25) is 0 Å². The Labute approximate surface area is 159 Å². The minimum atomic E-state index is -0.642. The topological polar surface area (TPSA) is 87.7 Å². The molecule has 0 aliphatic heterocycles. The van der Waals surface area contributed by atoms with Crippen molar-refractivity contribution in [3.63, 3.8) is 0 Å². The van der Waals surface area contributed by atoms with Crippen molar-refractivity contribution in [2.75, 3.05) is 20.1 Å². The second-order valence-corrected chi connectivity index (χ2v) is 8.31. The molecule has 0 spiro atoms. The summed E-state index contributed by atoms with van der Waals surface area (Å²) in [6.07, 6.45) is -0.446. The van der Waals surface area contributed by atoms with Crippen LogP contribution in [0.4, 0.5) is 4.79 Å². The molecule has 0 aromatic carbocycles. The average Bonchev–Trinajstić information content (AvgIpc) is 3.04. The Morgan fingerprint density at radius 1 is 1.27 bits per heavy atom. The molecule has 0 aliphatic carbocycles. The van der Waals surface area contributed by atoms with Crippen LogP contribution in [0.3, 0.4) is 0 Å². The number of carbonyl (C=O) groups excluding carboxylic acids is 3. The minimum Gasteiger partial charge on any atom is -0.444 e. The van der Waals surface area contributed by atoms with E-state index in [1.165, 1.54) is 16.2 Å². The Bertz CT molecular complexity index is 608. The fourth-order valence-electron chi connectivity index (χ4n) is 2.04. The van der Waals surface area contributed by atoms with Crippen molar-refractivity contribution in [2.24, 2.45) is 5.92 Å². The lowest BCUT2D eigenvalue weighted by atomic mass is 10.0. The summed E-state index contributed by atoms with van der Waals surface area (Å²) in [6, 6.07) is 2.86. The summed E-state index contributed by atoms with van der Waals surface area (Å²) < 4.78 is 5.26. The molecule has 1 heterocycles. The second kappa shape index (κ2) is 9.56. The van der Waals surface area contributed by atoms with Gasteiger partial charge in [0.2, 0.25) is 5.91 Å². The van der Waals surface area contributed by atoms with Crippen LogP contribution in [0, 0.1) is 5.92 Å². The average molecular weight is 384 g/mol. The van der Waals surface area contributed by atoms with Crippen molar-refractivity contribution >= 4 is 29.2 Å². The first-order valence-electron chi connectivity index (χ1n) is 8.57. The standard InChI is InChI=1S/C18H29N3O4S/c1-12(2)14(20-15(22)13-8-7-11-26-13)16(23)19-9-10-21(6)17(24)25-18(3,4)5/h7-8,11-12,14H,9-10H2,1-6H3,(H,19,23)(H,20,22). The molecule has 0 saturated carbocycles. The molecule has 0 bridgehead atoms. The van der Waals surface area contributed by atoms with Gasteiger partial charge in [-0.25, -0.2) is 4.79 Å². The highest BCUT2D eigenvalue weighted by molar-refractivity contribution is 7.12. The van der Waals surface area contributed by atoms with Gasteiger partial charge in [-0.15, -0.1) is 11.3 Å². The second-order valence-electron chi connectivity index (χ2n) is 7.37. The van der Waals surface area contributed by atoms with Crippen LogP contribution in [0.25, 0.3) is 0 Å². The number of hydrogen-bond acceptors (Lipinski definition) is 5. The van der Waals surface area contributed by atoms with E-state index < -0.39 is 17.7 Å². The number of hydrogen-bond donors (Lipinski definition) is 2. The largest absolute Gasteiger partial charge is 0.444 e. The summed E-state index contributed by atoms with van der Waals surface area (Å²) in [5.41, 5.74) is -0.566. The van der Waals surface area contributed by atoms with E-state index in [2.05, 4.69) is 10.6 Å². The van der Waals surface area contributed by atoms with E-state index in [1.54, 1.807) is 40.0 Å². The number of carbonyl (C=O) groups is 3. The minimum absolute atomic E-state index is 0.0671. The maximum atomic E-state index is 12.4. The first kappa shape index (κ1) is 22.0. The van der Waals surface area contributed by atoms with E-state index in [0.717, 1.165) is 0 Å². The Morgan fingerprint density at radius 3 is 2.42 bits per heavy atom. The fourth-order valence-corrected chi connectivity index (χ4v) is 2.67.